The molecule has 4 nitrogen and oxygen atoms in total. The largest absolute Gasteiger partial charge is 0.378 e. The number of aromatic nitrogens is 1. The SMILES string of the molecule is CCOC1CCN(C(=O)c2cc(Cl)nc(Cl)c2)CC1. The third-order valence-corrected chi connectivity index (χ3v) is 3.53. The number of hydrogen-bond acceptors (Lipinski definition) is 3. The van der Waals surface area contributed by atoms with Crippen LogP contribution in [-0.4, -0.2) is 41.6 Å². The fourth-order valence-electron chi connectivity index (χ4n) is 2.23. The Balaban J connectivity index is 2.01. The second kappa shape index (κ2) is 6.55. The van der Waals surface area contributed by atoms with Crippen molar-refractivity contribution in [1.82, 2.24) is 9.88 Å². The van der Waals surface area contributed by atoms with Crippen LogP contribution in [0.25, 0.3) is 0 Å². The Morgan fingerprint density at radius 3 is 2.47 bits per heavy atom. The van der Waals surface area contributed by atoms with E-state index in [-0.39, 0.29) is 22.3 Å². The van der Waals surface area contributed by atoms with Crippen LogP contribution in [0.4, 0.5) is 0 Å². The molecule has 1 fully saturated rings. The molecule has 19 heavy (non-hydrogen) atoms. The number of piperidine rings is 1. The molecule has 1 amide bonds. The van der Waals surface area contributed by atoms with Gasteiger partial charge in [-0.1, -0.05) is 23.2 Å². The minimum Gasteiger partial charge on any atom is -0.378 e. The molecule has 6 heteroatoms. The summed E-state index contributed by atoms with van der Waals surface area (Å²) >= 11 is 11.6. The third kappa shape index (κ3) is 3.81. The molecule has 1 aromatic heterocycles. The molecule has 1 aliphatic heterocycles. The number of hydrogen-bond donors (Lipinski definition) is 0. The van der Waals surface area contributed by atoms with Crippen LogP contribution >= 0.6 is 23.2 Å². The highest BCUT2D eigenvalue weighted by molar-refractivity contribution is 6.33. The molecule has 0 N–H and O–H groups in total. The van der Waals surface area contributed by atoms with Gasteiger partial charge in [-0.05, 0) is 31.9 Å². The summed E-state index contributed by atoms with van der Waals surface area (Å²) in [4.78, 5) is 18.0. The molecule has 0 bridgehead atoms. The topological polar surface area (TPSA) is 42.4 Å². The summed E-state index contributed by atoms with van der Waals surface area (Å²) in [6, 6.07) is 3.09. The number of halogens is 2. The van der Waals surface area contributed by atoms with E-state index in [2.05, 4.69) is 4.98 Å². The normalized spacial score (nSPS) is 16.7. The van der Waals surface area contributed by atoms with Crippen molar-refractivity contribution in [3.8, 4) is 0 Å². The minimum absolute atomic E-state index is 0.0545. The average Bonchev–Trinajstić information content (AvgIpc) is 2.38. The Kier molecular flexibility index (Phi) is 5.02. The molecule has 0 aromatic carbocycles. The lowest BCUT2D eigenvalue weighted by atomic mass is 10.1. The number of likely N-dealkylation sites (tertiary alicyclic amines) is 1. The summed E-state index contributed by atoms with van der Waals surface area (Å²) in [5, 5.41) is 0.472. The zero-order chi connectivity index (χ0) is 13.8. The van der Waals surface area contributed by atoms with Crippen LogP contribution in [0, 0.1) is 0 Å². The van der Waals surface area contributed by atoms with E-state index in [0.29, 0.717) is 25.3 Å². The highest BCUT2D eigenvalue weighted by Crippen LogP contribution is 2.19. The van der Waals surface area contributed by atoms with E-state index < -0.39 is 0 Å². The van der Waals surface area contributed by atoms with Gasteiger partial charge in [0, 0.05) is 25.3 Å². The molecule has 1 aromatic rings. The minimum atomic E-state index is -0.0545. The molecule has 0 atom stereocenters. The first-order valence-corrected chi connectivity index (χ1v) is 7.09. The Morgan fingerprint density at radius 1 is 1.37 bits per heavy atom. The van der Waals surface area contributed by atoms with Crippen LogP contribution < -0.4 is 0 Å². The summed E-state index contributed by atoms with van der Waals surface area (Å²) in [5.41, 5.74) is 0.486. The lowest BCUT2D eigenvalue weighted by molar-refractivity contribution is 0.0146. The van der Waals surface area contributed by atoms with Crippen LogP contribution in [0.3, 0.4) is 0 Å². The van der Waals surface area contributed by atoms with Crippen molar-refractivity contribution < 1.29 is 9.53 Å². The van der Waals surface area contributed by atoms with Gasteiger partial charge in [-0.3, -0.25) is 4.79 Å². The van der Waals surface area contributed by atoms with Crippen molar-refractivity contribution in [2.45, 2.75) is 25.9 Å². The Bertz CT molecular complexity index is 440. The standard InChI is InChI=1S/C13H16Cl2N2O2/c1-2-19-10-3-5-17(6-4-10)13(18)9-7-11(14)16-12(15)8-9/h7-8,10H,2-6H2,1H3. The summed E-state index contributed by atoms with van der Waals surface area (Å²) in [5.74, 6) is -0.0545. The quantitative estimate of drug-likeness (QED) is 0.806. The first kappa shape index (κ1) is 14.6. The lowest BCUT2D eigenvalue weighted by Crippen LogP contribution is -2.40. The smallest absolute Gasteiger partial charge is 0.254 e. The highest BCUT2D eigenvalue weighted by atomic mass is 35.5. The van der Waals surface area contributed by atoms with Gasteiger partial charge in [0.1, 0.15) is 10.3 Å². The van der Waals surface area contributed by atoms with Crippen LogP contribution in [0.15, 0.2) is 12.1 Å². The molecule has 2 heterocycles. The maximum atomic E-state index is 12.3. The highest BCUT2D eigenvalue weighted by Gasteiger charge is 2.24. The molecule has 1 saturated heterocycles. The van der Waals surface area contributed by atoms with E-state index in [4.69, 9.17) is 27.9 Å². The zero-order valence-corrected chi connectivity index (χ0v) is 12.2. The average molecular weight is 303 g/mol. The van der Waals surface area contributed by atoms with Crippen LogP contribution in [0.2, 0.25) is 10.3 Å². The van der Waals surface area contributed by atoms with Crippen molar-refractivity contribution >= 4 is 29.1 Å². The van der Waals surface area contributed by atoms with Crippen LogP contribution in [0.5, 0.6) is 0 Å². The summed E-state index contributed by atoms with van der Waals surface area (Å²) < 4.78 is 5.56. The number of amides is 1. The van der Waals surface area contributed by atoms with E-state index in [0.717, 1.165) is 12.8 Å². The molecule has 0 unspecified atom stereocenters. The van der Waals surface area contributed by atoms with E-state index in [1.54, 1.807) is 17.0 Å². The van der Waals surface area contributed by atoms with Gasteiger partial charge in [0.05, 0.1) is 6.10 Å². The fourth-order valence-corrected chi connectivity index (χ4v) is 2.69. The Hall–Kier alpha value is -0.840. The first-order valence-electron chi connectivity index (χ1n) is 6.34. The third-order valence-electron chi connectivity index (χ3n) is 3.14. The van der Waals surface area contributed by atoms with Crippen molar-refractivity contribution in [1.29, 1.82) is 0 Å². The Morgan fingerprint density at radius 2 is 1.95 bits per heavy atom. The van der Waals surface area contributed by atoms with Gasteiger partial charge in [-0.2, -0.15) is 0 Å². The molecule has 0 aliphatic carbocycles. The number of ether oxygens (including phenoxy) is 1. The van der Waals surface area contributed by atoms with E-state index in [1.165, 1.54) is 0 Å². The van der Waals surface area contributed by atoms with E-state index in [1.807, 2.05) is 6.92 Å². The van der Waals surface area contributed by atoms with Gasteiger partial charge in [0.2, 0.25) is 0 Å². The molecule has 0 saturated carbocycles. The monoisotopic (exact) mass is 302 g/mol. The van der Waals surface area contributed by atoms with Crippen molar-refractivity contribution in [3.05, 3.63) is 28.0 Å². The van der Waals surface area contributed by atoms with Crippen molar-refractivity contribution in [2.75, 3.05) is 19.7 Å². The van der Waals surface area contributed by atoms with Crippen LogP contribution in [-0.2, 0) is 4.74 Å². The molecular formula is C13H16Cl2N2O2. The van der Waals surface area contributed by atoms with E-state index >= 15 is 0 Å². The maximum absolute atomic E-state index is 12.3. The van der Waals surface area contributed by atoms with Crippen LogP contribution in [0.1, 0.15) is 30.1 Å². The summed E-state index contributed by atoms with van der Waals surface area (Å²) in [6.07, 6.45) is 2.00. The zero-order valence-electron chi connectivity index (χ0n) is 10.7. The number of nitrogens with zero attached hydrogens (tertiary/aromatic N) is 2. The van der Waals surface area contributed by atoms with Crippen molar-refractivity contribution in [2.24, 2.45) is 0 Å². The van der Waals surface area contributed by atoms with Gasteiger partial charge >= 0.3 is 0 Å². The number of carbonyl (C=O) groups is 1. The van der Waals surface area contributed by atoms with E-state index in [9.17, 15) is 4.79 Å². The molecular weight excluding hydrogens is 287 g/mol. The first-order chi connectivity index (χ1) is 9.10. The maximum Gasteiger partial charge on any atom is 0.254 e. The Labute approximate surface area is 122 Å². The fraction of sp³-hybridized carbons (Fsp3) is 0.538. The van der Waals surface area contributed by atoms with Gasteiger partial charge in [0.25, 0.3) is 5.91 Å². The molecule has 0 radical (unpaired) electrons. The summed E-state index contributed by atoms with van der Waals surface area (Å²) in [7, 11) is 0. The van der Waals surface area contributed by atoms with Gasteiger partial charge in [0.15, 0.2) is 0 Å². The molecule has 2 rings (SSSR count). The predicted octanol–water partition coefficient (Wildman–Crippen LogP) is 3.03. The molecule has 104 valence electrons. The van der Waals surface area contributed by atoms with Gasteiger partial charge in [-0.15, -0.1) is 0 Å². The van der Waals surface area contributed by atoms with Crippen molar-refractivity contribution in [3.63, 3.8) is 0 Å². The number of rotatable bonds is 3. The molecule has 0 spiro atoms. The number of pyridine rings is 1. The van der Waals surface area contributed by atoms with Gasteiger partial charge < -0.3 is 9.64 Å². The summed E-state index contributed by atoms with van der Waals surface area (Å²) in [6.45, 7) is 4.09. The lowest BCUT2D eigenvalue weighted by Gasteiger charge is -2.31. The predicted molar refractivity (Wildman–Crippen MR) is 74.8 cm³/mol. The van der Waals surface area contributed by atoms with Gasteiger partial charge in [-0.25, -0.2) is 4.98 Å². The molecule has 1 aliphatic rings. The second-order valence-electron chi connectivity index (χ2n) is 4.45. The number of carbonyl (C=O) groups excluding carboxylic acids is 1. The second-order valence-corrected chi connectivity index (χ2v) is 5.22.